The van der Waals surface area contributed by atoms with Crippen molar-refractivity contribution in [1.29, 1.82) is 0 Å². The molecule has 0 saturated carbocycles. The predicted octanol–water partition coefficient (Wildman–Crippen LogP) is -0.552. The molecule has 1 heterocycles. The Balaban J connectivity index is 2.62. The van der Waals surface area contributed by atoms with Gasteiger partial charge in [-0.2, -0.15) is 5.10 Å². The fourth-order valence-corrected chi connectivity index (χ4v) is 1.32. The summed E-state index contributed by atoms with van der Waals surface area (Å²) in [5.41, 5.74) is 5.25. The number of carbonyl (C=O) groups is 1. The second-order valence-corrected chi connectivity index (χ2v) is 4.58. The number of amides is 1. The molecule has 0 bridgehead atoms. The number of ether oxygens (including phenoxy) is 1. The van der Waals surface area contributed by atoms with Gasteiger partial charge in [-0.05, 0) is 6.92 Å². The van der Waals surface area contributed by atoms with Crippen LogP contribution in [0.25, 0.3) is 0 Å². The molecule has 1 atom stereocenters. The molecule has 0 saturated heterocycles. The lowest BCUT2D eigenvalue weighted by molar-refractivity contribution is -0.128. The lowest BCUT2D eigenvalue weighted by Gasteiger charge is -2.11. The van der Waals surface area contributed by atoms with Crippen LogP contribution >= 0.6 is 0 Å². The molecule has 1 rings (SSSR count). The van der Waals surface area contributed by atoms with Gasteiger partial charge in [-0.15, -0.1) is 0 Å². The number of aromatic nitrogens is 2. The maximum Gasteiger partial charge on any atom is 0.270 e. The smallest absolute Gasteiger partial charge is 0.270 e. The molecule has 19 heavy (non-hydrogen) atoms. The highest BCUT2D eigenvalue weighted by atomic mass is 16.5. The summed E-state index contributed by atoms with van der Waals surface area (Å²) in [6.45, 7) is 2.38. The molecule has 1 unspecified atom stereocenters. The van der Waals surface area contributed by atoms with Crippen LogP contribution in [0.4, 0.5) is 0 Å². The molecule has 7 heteroatoms. The van der Waals surface area contributed by atoms with E-state index < -0.39 is 0 Å². The van der Waals surface area contributed by atoms with Crippen LogP contribution < -0.4 is 16.0 Å². The van der Waals surface area contributed by atoms with Crippen molar-refractivity contribution in [2.24, 2.45) is 5.73 Å². The van der Waals surface area contributed by atoms with Gasteiger partial charge in [0.25, 0.3) is 5.56 Å². The quantitative estimate of drug-likeness (QED) is 0.747. The predicted molar refractivity (Wildman–Crippen MR) is 71.0 cm³/mol. The Kier molecular flexibility index (Phi) is 5.50. The van der Waals surface area contributed by atoms with Gasteiger partial charge in [0.15, 0.2) is 0 Å². The van der Waals surface area contributed by atoms with Crippen molar-refractivity contribution in [3.63, 3.8) is 0 Å². The normalized spacial score (nSPS) is 12.0. The summed E-state index contributed by atoms with van der Waals surface area (Å²) in [6, 6.07) is 1.23. The molecule has 7 nitrogen and oxygen atoms in total. The van der Waals surface area contributed by atoms with Crippen molar-refractivity contribution in [3.8, 4) is 5.75 Å². The number of hydrogen-bond donors (Lipinski definition) is 1. The summed E-state index contributed by atoms with van der Waals surface area (Å²) >= 11 is 0. The van der Waals surface area contributed by atoms with Crippen LogP contribution in [0.15, 0.2) is 17.1 Å². The fourth-order valence-electron chi connectivity index (χ4n) is 1.32. The molecule has 106 valence electrons. The Labute approximate surface area is 112 Å². The van der Waals surface area contributed by atoms with E-state index in [0.717, 1.165) is 0 Å². The van der Waals surface area contributed by atoms with Gasteiger partial charge in [-0.1, -0.05) is 0 Å². The summed E-state index contributed by atoms with van der Waals surface area (Å²) in [4.78, 5) is 24.6. The van der Waals surface area contributed by atoms with E-state index in [-0.39, 0.29) is 30.5 Å². The van der Waals surface area contributed by atoms with Crippen molar-refractivity contribution < 1.29 is 9.53 Å². The highest BCUT2D eigenvalue weighted by Gasteiger charge is 2.07. The number of nitrogens with zero attached hydrogens (tertiary/aromatic N) is 3. The second-order valence-electron chi connectivity index (χ2n) is 4.58. The van der Waals surface area contributed by atoms with Crippen molar-refractivity contribution in [2.75, 3.05) is 20.7 Å². The summed E-state index contributed by atoms with van der Waals surface area (Å²) in [7, 11) is 3.34. The van der Waals surface area contributed by atoms with E-state index in [1.807, 2.05) is 6.92 Å². The number of carbonyl (C=O) groups excluding carboxylic acids is 1. The molecule has 1 aromatic rings. The van der Waals surface area contributed by atoms with Crippen LogP contribution in [-0.4, -0.2) is 47.3 Å². The van der Waals surface area contributed by atoms with E-state index in [1.54, 1.807) is 14.1 Å². The first-order valence-corrected chi connectivity index (χ1v) is 6.06. The molecule has 0 aliphatic carbocycles. The Bertz CT molecular complexity index is 482. The largest absolute Gasteiger partial charge is 0.490 e. The summed E-state index contributed by atoms with van der Waals surface area (Å²) in [6.07, 6.45) is 1.68. The SMILES string of the molecule is CC(N)COc1cnn(CCC(=O)N(C)C)c(=O)c1. The average Bonchev–Trinajstić information content (AvgIpc) is 2.34. The zero-order chi connectivity index (χ0) is 14.4. The monoisotopic (exact) mass is 268 g/mol. The van der Waals surface area contributed by atoms with Gasteiger partial charge in [0.2, 0.25) is 5.91 Å². The number of hydrogen-bond acceptors (Lipinski definition) is 5. The van der Waals surface area contributed by atoms with E-state index in [9.17, 15) is 9.59 Å². The fraction of sp³-hybridized carbons (Fsp3) is 0.583. The van der Waals surface area contributed by atoms with Crippen LogP contribution in [0, 0.1) is 0 Å². The molecule has 2 N–H and O–H groups in total. The van der Waals surface area contributed by atoms with Crippen molar-refractivity contribution in [2.45, 2.75) is 25.9 Å². The zero-order valence-corrected chi connectivity index (χ0v) is 11.5. The van der Waals surface area contributed by atoms with Gasteiger partial charge < -0.3 is 15.4 Å². The Morgan fingerprint density at radius 2 is 2.26 bits per heavy atom. The molecule has 0 aromatic carbocycles. The van der Waals surface area contributed by atoms with Gasteiger partial charge in [0.1, 0.15) is 12.4 Å². The number of nitrogens with two attached hydrogens (primary N) is 1. The molecular weight excluding hydrogens is 248 g/mol. The van der Waals surface area contributed by atoms with E-state index in [2.05, 4.69) is 5.10 Å². The van der Waals surface area contributed by atoms with Gasteiger partial charge in [0.05, 0.1) is 12.7 Å². The maximum atomic E-state index is 11.7. The molecule has 0 aliphatic heterocycles. The molecular formula is C12H20N4O3. The van der Waals surface area contributed by atoms with Gasteiger partial charge in [-0.25, -0.2) is 4.68 Å². The van der Waals surface area contributed by atoms with Crippen LogP contribution in [0.2, 0.25) is 0 Å². The third-order valence-corrected chi connectivity index (χ3v) is 2.39. The standard InChI is InChI=1S/C12H20N4O3/c1-9(13)8-19-10-6-12(18)16(14-7-10)5-4-11(17)15(2)3/h6-7,9H,4-5,8,13H2,1-3H3. The molecule has 0 radical (unpaired) electrons. The Morgan fingerprint density at radius 3 is 2.79 bits per heavy atom. The Hall–Kier alpha value is -1.89. The highest BCUT2D eigenvalue weighted by Crippen LogP contribution is 2.04. The number of aryl methyl sites for hydroxylation is 1. The Morgan fingerprint density at radius 1 is 1.58 bits per heavy atom. The van der Waals surface area contributed by atoms with E-state index >= 15 is 0 Å². The van der Waals surface area contributed by atoms with E-state index in [1.165, 1.54) is 21.8 Å². The van der Waals surface area contributed by atoms with Crippen molar-refractivity contribution >= 4 is 5.91 Å². The molecule has 0 spiro atoms. The topological polar surface area (TPSA) is 90.4 Å². The van der Waals surface area contributed by atoms with Crippen LogP contribution in [0.1, 0.15) is 13.3 Å². The van der Waals surface area contributed by atoms with Gasteiger partial charge in [-0.3, -0.25) is 9.59 Å². The van der Waals surface area contributed by atoms with E-state index in [0.29, 0.717) is 12.4 Å². The minimum Gasteiger partial charge on any atom is -0.490 e. The maximum absolute atomic E-state index is 11.7. The lowest BCUT2D eigenvalue weighted by atomic mass is 10.4. The lowest BCUT2D eigenvalue weighted by Crippen LogP contribution is -2.28. The summed E-state index contributed by atoms with van der Waals surface area (Å²) in [5, 5.41) is 3.96. The molecule has 0 aliphatic rings. The zero-order valence-electron chi connectivity index (χ0n) is 11.5. The van der Waals surface area contributed by atoms with Crippen molar-refractivity contribution in [1.82, 2.24) is 14.7 Å². The first-order chi connectivity index (χ1) is 8.90. The second kappa shape index (κ2) is 6.89. The summed E-state index contributed by atoms with van der Waals surface area (Å²) < 4.78 is 6.53. The van der Waals surface area contributed by atoms with Crippen LogP contribution in [0.3, 0.4) is 0 Å². The third kappa shape index (κ3) is 5.09. The molecule has 1 amide bonds. The van der Waals surface area contributed by atoms with Gasteiger partial charge in [0, 0.05) is 32.6 Å². The van der Waals surface area contributed by atoms with Gasteiger partial charge >= 0.3 is 0 Å². The number of rotatable bonds is 6. The van der Waals surface area contributed by atoms with Crippen LogP contribution in [0.5, 0.6) is 5.75 Å². The first kappa shape index (κ1) is 15.2. The minimum atomic E-state index is -0.297. The minimum absolute atomic E-state index is 0.0500. The first-order valence-electron chi connectivity index (χ1n) is 6.06. The van der Waals surface area contributed by atoms with Crippen molar-refractivity contribution in [3.05, 3.63) is 22.6 Å². The van der Waals surface area contributed by atoms with Crippen LogP contribution in [-0.2, 0) is 11.3 Å². The molecule has 0 fully saturated rings. The third-order valence-electron chi connectivity index (χ3n) is 2.39. The van der Waals surface area contributed by atoms with E-state index in [4.69, 9.17) is 10.5 Å². The summed E-state index contributed by atoms with van der Waals surface area (Å²) in [5.74, 6) is 0.337. The average molecular weight is 268 g/mol. The highest BCUT2D eigenvalue weighted by molar-refractivity contribution is 5.75. The molecule has 1 aromatic heterocycles.